The summed E-state index contributed by atoms with van der Waals surface area (Å²) in [4.78, 5) is 50.7. The van der Waals surface area contributed by atoms with Crippen LogP contribution >= 0.6 is 0 Å². The van der Waals surface area contributed by atoms with E-state index in [1.807, 2.05) is 36.7 Å². The lowest BCUT2D eigenvalue weighted by Crippen LogP contribution is -2.30. The summed E-state index contributed by atoms with van der Waals surface area (Å²) in [7, 11) is 1.48. The highest BCUT2D eigenvalue weighted by Gasteiger charge is 2.35. The lowest BCUT2D eigenvalue weighted by molar-refractivity contribution is -0.123. The molecule has 160 valence electrons. The molecule has 4 rings (SSSR count). The van der Waals surface area contributed by atoms with Gasteiger partial charge in [0.15, 0.2) is 5.65 Å². The van der Waals surface area contributed by atoms with Crippen molar-refractivity contribution in [3.8, 4) is 0 Å². The van der Waals surface area contributed by atoms with Gasteiger partial charge in [0.25, 0.3) is 0 Å². The van der Waals surface area contributed by atoms with Crippen LogP contribution < -0.4 is 15.5 Å². The topological polar surface area (TPSA) is 125 Å². The molecule has 0 bridgehead atoms. The van der Waals surface area contributed by atoms with Gasteiger partial charge in [-0.3, -0.25) is 19.4 Å². The third kappa shape index (κ3) is 3.77. The van der Waals surface area contributed by atoms with Crippen molar-refractivity contribution in [2.24, 2.45) is 0 Å². The Morgan fingerprint density at radius 3 is 2.65 bits per heavy atom. The van der Waals surface area contributed by atoms with E-state index >= 15 is 0 Å². The maximum Gasteiger partial charge on any atom is 0.331 e. The van der Waals surface area contributed by atoms with E-state index in [9.17, 15) is 14.4 Å². The highest BCUT2D eigenvalue weighted by atomic mass is 16.2. The van der Waals surface area contributed by atoms with E-state index in [1.165, 1.54) is 18.3 Å². The molecule has 1 atom stereocenters. The molecule has 1 aliphatic heterocycles. The number of urea groups is 1. The van der Waals surface area contributed by atoms with Gasteiger partial charge >= 0.3 is 6.03 Å². The molecule has 4 heterocycles. The fraction of sp³-hybridized carbons (Fsp3) is 0.300. The zero-order valence-electron chi connectivity index (χ0n) is 17.4. The molecular weight excluding hydrogens is 400 g/mol. The smallest absolute Gasteiger partial charge is 0.331 e. The molecule has 0 aliphatic carbocycles. The summed E-state index contributed by atoms with van der Waals surface area (Å²) in [5.41, 5.74) is 2.93. The number of hydrogen-bond acceptors (Lipinski definition) is 7. The third-order valence-electron chi connectivity index (χ3n) is 5.17. The number of carbonyl (C=O) groups excluding carboxylic acids is 3. The second kappa shape index (κ2) is 8.01. The Kier molecular flexibility index (Phi) is 5.24. The van der Waals surface area contributed by atoms with Crippen LogP contribution in [0.4, 0.5) is 22.1 Å². The average Bonchev–Trinajstić information content (AvgIpc) is 3.30. The lowest BCUT2D eigenvalue weighted by atomic mass is 10.2. The van der Waals surface area contributed by atoms with Gasteiger partial charge in [-0.1, -0.05) is 6.92 Å². The molecule has 1 aliphatic rings. The second-order valence-electron chi connectivity index (χ2n) is 7.22. The molecule has 4 amide bonds. The molecule has 1 fully saturated rings. The number of nitrogens with one attached hydrogen (secondary N) is 2. The molecule has 0 spiro atoms. The number of pyridine rings is 1. The Bertz CT molecular complexity index is 1170. The van der Waals surface area contributed by atoms with E-state index in [-0.39, 0.29) is 24.5 Å². The van der Waals surface area contributed by atoms with Crippen molar-refractivity contribution in [2.75, 3.05) is 29.1 Å². The number of amides is 4. The second-order valence-corrected chi connectivity index (χ2v) is 7.22. The predicted molar refractivity (Wildman–Crippen MR) is 114 cm³/mol. The number of rotatable bonds is 7. The van der Waals surface area contributed by atoms with E-state index in [0.717, 1.165) is 22.6 Å². The number of aromatic nitrogens is 4. The zero-order valence-corrected chi connectivity index (χ0v) is 17.4. The molecule has 11 heteroatoms. The predicted octanol–water partition coefficient (Wildman–Crippen LogP) is 1.83. The maximum absolute atomic E-state index is 12.6. The Morgan fingerprint density at radius 2 is 1.97 bits per heavy atom. The van der Waals surface area contributed by atoms with Crippen LogP contribution in [0.5, 0.6) is 0 Å². The van der Waals surface area contributed by atoms with Crippen molar-refractivity contribution >= 4 is 41.3 Å². The summed E-state index contributed by atoms with van der Waals surface area (Å²) in [6.45, 7) is 3.94. The fourth-order valence-electron chi connectivity index (χ4n) is 3.41. The van der Waals surface area contributed by atoms with Gasteiger partial charge in [0.1, 0.15) is 24.5 Å². The van der Waals surface area contributed by atoms with Crippen molar-refractivity contribution in [3.05, 3.63) is 42.1 Å². The zero-order chi connectivity index (χ0) is 22.1. The number of nitrogens with zero attached hydrogens (tertiary/aromatic N) is 6. The first-order valence-corrected chi connectivity index (χ1v) is 9.79. The normalized spacial score (nSPS) is 14.9. The van der Waals surface area contributed by atoms with Crippen LogP contribution in [0, 0.1) is 0 Å². The molecule has 31 heavy (non-hydrogen) atoms. The first-order valence-electron chi connectivity index (χ1n) is 9.79. The number of carbonyl (C=O) groups is 3. The summed E-state index contributed by atoms with van der Waals surface area (Å²) < 4.78 is 1.87. The summed E-state index contributed by atoms with van der Waals surface area (Å²) >= 11 is 0. The number of likely N-dealkylation sites (N-methyl/N-ethyl adjacent to an activating group) is 1. The van der Waals surface area contributed by atoms with E-state index in [2.05, 4.69) is 20.6 Å². The third-order valence-corrected chi connectivity index (χ3v) is 5.17. The summed E-state index contributed by atoms with van der Waals surface area (Å²) in [5.74, 6) is 0.654. The van der Waals surface area contributed by atoms with Crippen molar-refractivity contribution < 1.29 is 14.4 Å². The lowest BCUT2D eigenvalue weighted by Gasteiger charge is -2.16. The Balaban J connectivity index is 1.69. The number of anilines is 3. The summed E-state index contributed by atoms with van der Waals surface area (Å²) in [6, 6.07) is 2.92. The average molecular weight is 422 g/mol. The quantitative estimate of drug-likeness (QED) is 0.439. The van der Waals surface area contributed by atoms with Gasteiger partial charge in [0.05, 0.1) is 17.4 Å². The molecule has 2 N–H and O–H groups in total. The number of aryl methyl sites for hydroxylation is 1. The molecule has 1 saturated heterocycles. The molecule has 0 aromatic carbocycles. The number of imidazole rings is 1. The van der Waals surface area contributed by atoms with Crippen LogP contribution in [0.1, 0.15) is 31.1 Å². The van der Waals surface area contributed by atoms with Gasteiger partial charge in [0.2, 0.25) is 12.3 Å². The first-order chi connectivity index (χ1) is 14.9. The number of imide groups is 1. The van der Waals surface area contributed by atoms with Crippen LogP contribution in [0.3, 0.4) is 0 Å². The Hall–Kier alpha value is -4.02. The number of hydrogen-bond donors (Lipinski definition) is 2. The van der Waals surface area contributed by atoms with Crippen LogP contribution in [-0.2, 0) is 16.0 Å². The SMILES string of the molecule is CCc1cc(N2CC(=O)N(C)C2=O)c2nc([C@@H](C)Nc3cc(NC=O)ncn3)cn2c1. The molecular formula is C20H22N8O3. The minimum Gasteiger partial charge on any atom is -0.362 e. The largest absolute Gasteiger partial charge is 0.362 e. The van der Waals surface area contributed by atoms with Crippen molar-refractivity contribution in [1.29, 1.82) is 0 Å². The molecule has 0 unspecified atom stereocenters. The molecule has 11 nitrogen and oxygen atoms in total. The van der Waals surface area contributed by atoms with Gasteiger partial charge in [-0.15, -0.1) is 0 Å². The minimum absolute atomic E-state index is 0.0123. The van der Waals surface area contributed by atoms with Crippen molar-refractivity contribution in [3.63, 3.8) is 0 Å². The van der Waals surface area contributed by atoms with Gasteiger partial charge in [-0.05, 0) is 25.0 Å². The maximum atomic E-state index is 12.6. The summed E-state index contributed by atoms with van der Waals surface area (Å²) in [5, 5.41) is 5.72. The van der Waals surface area contributed by atoms with Gasteiger partial charge in [-0.2, -0.15) is 0 Å². The van der Waals surface area contributed by atoms with E-state index in [0.29, 0.717) is 29.4 Å². The monoisotopic (exact) mass is 422 g/mol. The van der Waals surface area contributed by atoms with Crippen LogP contribution in [0.15, 0.2) is 30.9 Å². The molecule has 3 aromatic rings. The minimum atomic E-state index is -0.368. The first kappa shape index (κ1) is 20.3. The van der Waals surface area contributed by atoms with E-state index < -0.39 is 0 Å². The van der Waals surface area contributed by atoms with E-state index in [4.69, 9.17) is 4.98 Å². The Labute approximate surface area is 178 Å². The van der Waals surface area contributed by atoms with Gasteiger partial charge < -0.3 is 15.0 Å². The number of fused-ring (bicyclic) bond motifs is 1. The van der Waals surface area contributed by atoms with Gasteiger partial charge in [0, 0.05) is 25.5 Å². The van der Waals surface area contributed by atoms with Crippen molar-refractivity contribution in [2.45, 2.75) is 26.3 Å². The standard InChI is InChI=1S/C20H22N8O3/c1-4-13-5-15(28-9-18(30)26(3)20(28)31)19-25-14(8-27(19)7-13)12(2)24-17-6-16(23-11-29)21-10-22-17/h5-8,10-12H,4,9H2,1-3H3,(H2,21,22,23,24,29)/t12-/m1/s1. The van der Waals surface area contributed by atoms with Crippen molar-refractivity contribution in [1.82, 2.24) is 24.3 Å². The van der Waals surface area contributed by atoms with Crippen LogP contribution in [0.25, 0.3) is 5.65 Å². The molecule has 0 saturated carbocycles. The molecule has 0 radical (unpaired) electrons. The van der Waals surface area contributed by atoms with Crippen LogP contribution in [0.2, 0.25) is 0 Å². The highest BCUT2D eigenvalue weighted by molar-refractivity contribution is 6.13. The van der Waals surface area contributed by atoms with Crippen LogP contribution in [-0.4, -0.2) is 56.2 Å². The summed E-state index contributed by atoms with van der Waals surface area (Å²) in [6.07, 6.45) is 6.51. The molecule has 3 aromatic heterocycles. The highest BCUT2D eigenvalue weighted by Crippen LogP contribution is 2.29. The van der Waals surface area contributed by atoms with E-state index in [1.54, 1.807) is 6.07 Å². The fourth-order valence-corrected chi connectivity index (χ4v) is 3.41. The van der Waals surface area contributed by atoms with Gasteiger partial charge in [-0.25, -0.2) is 19.7 Å². The Morgan fingerprint density at radius 1 is 1.19 bits per heavy atom.